The molecule has 0 spiro atoms. The molecule has 114 valence electrons. The zero-order valence-electron chi connectivity index (χ0n) is 12.1. The number of aryl methyl sites for hydroxylation is 2. The van der Waals surface area contributed by atoms with E-state index in [0.717, 1.165) is 11.4 Å². The van der Waals surface area contributed by atoms with Crippen molar-refractivity contribution in [3.8, 4) is 0 Å². The predicted molar refractivity (Wildman–Crippen MR) is 83.0 cm³/mol. The van der Waals surface area contributed by atoms with Crippen molar-refractivity contribution in [1.82, 2.24) is 10.2 Å². The minimum Gasteiger partial charge on any atom is -0.453 e. The van der Waals surface area contributed by atoms with Crippen LogP contribution < -0.4 is 5.32 Å². The van der Waals surface area contributed by atoms with Crippen LogP contribution in [0.5, 0.6) is 0 Å². The molecule has 2 heterocycles. The lowest BCUT2D eigenvalue weighted by molar-refractivity contribution is 0.0981. The second-order valence-corrected chi connectivity index (χ2v) is 5.89. The SMILES string of the molecule is CCc1nnc(NCC(=O)c2oc3ccc(F)cc3c2C)s1. The van der Waals surface area contributed by atoms with Gasteiger partial charge in [-0.25, -0.2) is 4.39 Å². The van der Waals surface area contributed by atoms with Gasteiger partial charge in [-0.3, -0.25) is 4.79 Å². The van der Waals surface area contributed by atoms with E-state index in [1.165, 1.54) is 29.5 Å². The topological polar surface area (TPSA) is 68.0 Å². The Kier molecular flexibility index (Phi) is 3.89. The number of rotatable bonds is 5. The highest BCUT2D eigenvalue weighted by Gasteiger charge is 2.18. The Bertz CT molecular complexity index is 841. The first-order valence-electron chi connectivity index (χ1n) is 6.86. The van der Waals surface area contributed by atoms with Crippen molar-refractivity contribution in [2.75, 3.05) is 11.9 Å². The van der Waals surface area contributed by atoms with Gasteiger partial charge in [0.2, 0.25) is 10.9 Å². The number of hydrogen-bond donors (Lipinski definition) is 1. The van der Waals surface area contributed by atoms with Crippen molar-refractivity contribution in [3.63, 3.8) is 0 Å². The lowest BCUT2D eigenvalue weighted by Crippen LogP contribution is -2.14. The van der Waals surface area contributed by atoms with Crippen LogP contribution in [0.25, 0.3) is 11.0 Å². The molecule has 0 amide bonds. The smallest absolute Gasteiger partial charge is 0.217 e. The summed E-state index contributed by atoms with van der Waals surface area (Å²) in [6, 6.07) is 4.21. The highest BCUT2D eigenvalue weighted by atomic mass is 32.1. The first-order chi connectivity index (χ1) is 10.6. The van der Waals surface area contributed by atoms with Gasteiger partial charge in [0.15, 0.2) is 5.76 Å². The summed E-state index contributed by atoms with van der Waals surface area (Å²) in [5, 5.41) is 13.0. The van der Waals surface area contributed by atoms with Gasteiger partial charge in [0, 0.05) is 10.9 Å². The summed E-state index contributed by atoms with van der Waals surface area (Å²) in [4.78, 5) is 12.3. The van der Waals surface area contributed by atoms with Crippen molar-refractivity contribution < 1.29 is 13.6 Å². The van der Waals surface area contributed by atoms with Crippen LogP contribution in [-0.2, 0) is 6.42 Å². The maximum atomic E-state index is 13.3. The van der Waals surface area contributed by atoms with E-state index in [2.05, 4.69) is 15.5 Å². The molecule has 0 fully saturated rings. The number of carbonyl (C=O) groups excluding carboxylic acids is 1. The molecule has 2 aromatic heterocycles. The standard InChI is InChI=1S/C15H14FN3O2S/c1-3-13-18-19-15(22-13)17-7-11(20)14-8(2)10-6-9(16)4-5-12(10)21-14/h4-6H,3,7H2,1-2H3,(H,17,19). The number of nitrogens with one attached hydrogen (secondary N) is 1. The first-order valence-corrected chi connectivity index (χ1v) is 7.68. The second kappa shape index (κ2) is 5.84. The highest BCUT2D eigenvalue weighted by molar-refractivity contribution is 7.15. The molecular weight excluding hydrogens is 305 g/mol. The van der Waals surface area contributed by atoms with Gasteiger partial charge >= 0.3 is 0 Å². The van der Waals surface area contributed by atoms with Gasteiger partial charge in [-0.05, 0) is 31.5 Å². The van der Waals surface area contributed by atoms with Crippen LogP contribution in [0.3, 0.4) is 0 Å². The summed E-state index contributed by atoms with van der Waals surface area (Å²) in [7, 11) is 0. The summed E-state index contributed by atoms with van der Waals surface area (Å²) < 4.78 is 18.8. The van der Waals surface area contributed by atoms with Crippen molar-refractivity contribution in [1.29, 1.82) is 0 Å². The second-order valence-electron chi connectivity index (χ2n) is 4.83. The molecule has 0 unspecified atom stereocenters. The monoisotopic (exact) mass is 319 g/mol. The van der Waals surface area contributed by atoms with Crippen LogP contribution in [0.2, 0.25) is 0 Å². The van der Waals surface area contributed by atoms with Crippen molar-refractivity contribution in [3.05, 3.63) is 40.3 Å². The van der Waals surface area contributed by atoms with Crippen LogP contribution in [-0.4, -0.2) is 22.5 Å². The molecule has 0 bridgehead atoms. The number of furan rings is 1. The summed E-state index contributed by atoms with van der Waals surface area (Å²) in [5.41, 5.74) is 1.15. The maximum Gasteiger partial charge on any atom is 0.217 e. The zero-order valence-corrected chi connectivity index (χ0v) is 13.0. The Labute approximate surface area is 130 Å². The summed E-state index contributed by atoms with van der Waals surface area (Å²) in [6.45, 7) is 3.80. The van der Waals surface area contributed by atoms with Crippen molar-refractivity contribution >= 4 is 33.2 Å². The fourth-order valence-electron chi connectivity index (χ4n) is 2.16. The Balaban J connectivity index is 1.78. The van der Waals surface area contributed by atoms with Crippen LogP contribution in [0.1, 0.15) is 28.0 Å². The van der Waals surface area contributed by atoms with E-state index in [1.54, 1.807) is 6.92 Å². The minimum atomic E-state index is -0.352. The minimum absolute atomic E-state index is 0.0570. The Morgan fingerprint density at radius 1 is 1.41 bits per heavy atom. The highest BCUT2D eigenvalue weighted by Crippen LogP contribution is 2.26. The van der Waals surface area contributed by atoms with Gasteiger partial charge in [-0.2, -0.15) is 0 Å². The number of anilines is 1. The van der Waals surface area contributed by atoms with E-state index in [1.807, 2.05) is 6.92 Å². The van der Waals surface area contributed by atoms with Crippen LogP contribution in [0.15, 0.2) is 22.6 Å². The molecule has 0 radical (unpaired) electrons. The van der Waals surface area contributed by atoms with Gasteiger partial charge in [-0.1, -0.05) is 18.3 Å². The number of ketones is 1. The summed E-state index contributed by atoms with van der Waals surface area (Å²) in [5.74, 6) is -0.315. The number of hydrogen-bond acceptors (Lipinski definition) is 6. The third-order valence-corrected chi connectivity index (χ3v) is 4.35. The third kappa shape index (κ3) is 2.71. The molecular formula is C15H14FN3O2S. The molecule has 7 heteroatoms. The summed E-state index contributed by atoms with van der Waals surface area (Å²) >= 11 is 1.42. The molecule has 0 aliphatic carbocycles. The van der Waals surface area contributed by atoms with E-state index in [9.17, 15) is 9.18 Å². The molecule has 0 aliphatic rings. The molecule has 0 atom stereocenters. The van der Waals surface area contributed by atoms with E-state index < -0.39 is 0 Å². The quantitative estimate of drug-likeness (QED) is 0.728. The third-order valence-electron chi connectivity index (χ3n) is 3.32. The lowest BCUT2D eigenvalue weighted by atomic mass is 10.1. The van der Waals surface area contributed by atoms with Crippen LogP contribution >= 0.6 is 11.3 Å². The fraction of sp³-hybridized carbons (Fsp3) is 0.267. The zero-order chi connectivity index (χ0) is 15.7. The fourth-order valence-corrected chi connectivity index (χ4v) is 2.84. The van der Waals surface area contributed by atoms with Gasteiger partial charge in [-0.15, -0.1) is 10.2 Å². The number of halogens is 1. The van der Waals surface area contributed by atoms with Gasteiger partial charge in [0.05, 0.1) is 6.54 Å². The largest absolute Gasteiger partial charge is 0.453 e. The van der Waals surface area contributed by atoms with E-state index >= 15 is 0 Å². The molecule has 1 N–H and O–H groups in total. The molecule has 3 aromatic rings. The molecule has 3 rings (SSSR count). The molecule has 1 aromatic carbocycles. The average Bonchev–Trinajstić information content (AvgIpc) is 3.10. The van der Waals surface area contributed by atoms with Gasteiger partial charge in [0.25, 0.3) is 0 Å². The normalized spacial score (nSPS) is 11.0. The Morgan fingerprint density at radius 2 is 2.23 bits per heavy atom. The van der Waals surface area contributed by atoms with Crippen molar-refractivity contribution in [2.24, 2.45) is 0 Å². The molecule has 22 heavy (non-hydrogen) atoms. The van der Waals surface area contributed by atoms with Crippen LogP contribution in [0, 0.1) is 12.7 Å². The predicted octanol–water partition coefficient (Wildman–Crippen LogP) is 3.59. The Hall–Kier alpha value is -2.28. The summed E-state index contributed by atoms with van der Waals surface area (Å²) in [6.07, 6.45) is 0.807. The van der Waals surface area contributed by atoms with Gasteiger partial charge in [0.1, 0.15) is 16.4 Å². The molecule has 0 aliphatic heterocycles. The number of carbonyl (C=O) groups is 1. The average molecular weight is 319 g/mol. The first kappa shape index (κ1) is 14.6. The Morgan fingerprint density at radius 3 is 2.95 bits per heavy atom. The number of benzene rings is 1. The number of nitrogens with zero attached hydrogens (tertiary/aromatic N) is 2. The van der Waals surface area contributed by atoms with Crippen molar-refractivity contribution in [2.45, 2.75) is 20.3 Å². The number of fused-ring (bicyclic) bond motifs is 1. The van der Waals surface area contributed by atoms with E-state index in [4.69, 9.17) is 4.42 Å². The van der Waals surface area contributed by atoms with E-state index in [0.29, 0.717) is 21.7 Å². The maximum absolute atomic E-state index is 13.3. The number of aromatic nitrogens is 2. The van der Waals surface area contributed by atoms with Gasteiger partial charge < -0.3 is 9.73 Å². The van der Waals surface area contributed by atoms with E-state index in [-0.39, 0.29) is 23.9 Å². The number of Topliss-reactive ketones (excluding diaryl/α,β-unsaturated/α-hetero) is 1. The molecule has 0 saturated carbocycles. The lowest BCUT2D eigenvalue weighted by Gasteiger charge is -1.99. The molecule has 0 saturated heterocycles. The van der Waals surface area contributed by atoms with Crippen LogP contribution in [0.4, 0.5) is 9.52 Å². The molecule has 5 nitrogen and oxygen atoms in total.